The summed E-state index contributed by atoms with van der Waals surface area (Å²) in [5.41, 5.74) is 2.19. The van der Waals surface area contributed by atoms with Crippen LogP contribution in [0.3, 0.4) is 0 Å². The first kappa shape index (κ1) is 11.4. The molecule has 2 aliphatic rings. The van der Waals surface area contributed by atoms with Gasteiger partial charge in [-0.15, -0.1) is 0 Å². The van der Waals surface area contributed by atoms with E-state index in [1.807, 2.05) is 30.4 Å². The summed E-state index contributed by atoms with van der Waals surface area (Å²) < 4.78 is 0. The molecule has 2 nitrogen and oxygen atoms in total. The van der Waals surface area contributed by atoms with Crippen LogP contribution in [0.25, 0.3) is 0 Å². The van der Waals surface area contributed by atoms with E-state index in [4.69, 9.17) is 0 Å². The zero-order valence-electron chi connectivity index (χ0n) is 9.84. The molecule has 2 rings (SSSR count). The smallest absolute Gasteiger partial charge is 0.178 e. The molecule has 0 N–H and O–H groups in total. The van der Waals surface area contributed by atoms with Gasteiger partial charge in [0.1, 0.15) is 0 Å². The van der Waals surface area contributed by atoms with Crippen LogP contribution in [0, 0.1) is 0 Å². The van der Waals surface area contributed by atoms with Gasteiger partial charge in [0.15, 0.2) is 5.78 Å². The largest absolute Gasteiger partial charge is 0.348 e. The van der Waals surface area contributed by atoms with Gasteiger partial charge in [0.2, 0.25) is 0 Å². The summed E-state index contributed by atoms with van der Waals surface area (Å²) in [6.07, 6.45) is 19.1. The van der Waals surface area contributed by atoms with Gasteiger partial charge in [-0.3, -0.25) is 4.79 Å². The Morgan fingerprint density at radius 2 is 1.82 bits per heavy atom. The van der Waals surface area contributed by atoms with Crippen molar-refractivity contribution in [3.63, 3.8) is 0 Å². The van der Waals surface area contributed by atoms with Gasteiger partial charge in [0, 0.05) is 18.4 Å². The van der Waals surface area contributed by atoms with Gasteiger partial charge in [-0.05, 0) is 42.9 Å². The Morgan fingerprint density at radius 3 is 2.53 bits per heavy atom. The van der Waals surface area contributed by atoms with Crippen LogP contribution in [0.2, 0.25) is 0 Å². The monoisotopic (exact) mass is 225 g/mol. The normalized spacial score (nSPS) is 20.5. The highest BCUT2D eigenvalue weighted by molar-refractivity contribution is 6.01. The zero-order valence-corrected chi connectivity index (χ0v) is 9.84. The summed E-state index contributed by atoms with van der Waals surface area (Å²) >= 11 is 0. The molecule has 0 aromatic rings. The van der Waals surface area contributed by atoms with E-state index in [1.54, 1.807) is 12.2 Å². The van der Waals surface area contributed by atoms with Gasteiger partial charge in [0.05, 0.1) is 0 Å². The Labute approximate surface area is 102 Å². The fourth-order valence-electron chi connectivity index (χ4n) is 1.69. The number of ketones is 1. The molecule has 0 spiro atoms. The standard InChI is InChI=1S/C15H15NO/c1-2-16-12-4-3-5-14(16)9-6-13-7-10-15(17)11-8-13/h3-12H,2H2,1H3/b14-9-. The molecule has 0 amide bonds. The first-order valence-electron chi connectivity index (χ1n) is 5.73. The number of allylic oxidation sites excluding steroid dienone is 10. The summed E-state index contributed by atoms with van der Waals surface area (Å²) in [5.74, 6) is 0.0467. The predicted molar refractivity (Wildman–Crippen MR) is 70.1 cm³/mol. The lowest BCUT2D eigenvalue weighted by Crippen LogP contribution is -2.15. The third kappa shape index (κ3) is 2.94. The maximum absolute atomic E-state index is 11.0. The SMILES string of the molecule is CCN1C=CC=C/C1=C/C=C1C=CC(=O)C=C1. The van der Waals surface area contributed by atoms with E-state index in [1.165, 1.54) is 0 Å². The molecule has 0 atom stereocenters. The van der Waals surface area contributed by atoms with E-state index in [-0.39, 0.29) is 5.78 Å². The van der Waals surface area contributed by atoms with Gasteiger partial charge in [-0.1, -0.05) is 24.3 Å². The molecular weight excluding hydrogens is 210 g/mol. The summed E-state index contributed by atoms with van der Waals surface area (Å²) in [4.78, 5) is 13.1. The fourth-order valence-corrected chi connectivity index (χ4v) is 1.69. The third-order valence-electron chi connectivity index (χ3n) is 2.64. The Kier molecular flexibility index (Phi) is 3.55. The summed E-state index contributed by atoms with van der Waals surface area (Å²) in [5, 5.41) is 0. The van der Waals surface area contributed by atoms with Crippen LogP contribution in [0.1, 0.15) is 6.92 Å². The Hall–Kier alpha value is -2.09. The van der Waals surface area contributed by atoms with Crippen molar-refractivity contribution in [1.29, 1.82) is 0 Å². The van der Waals surface area contributed by atoms with Gasteiger partial charge >= 0.3 is 0 Å². The summed E-state index contributed by atoms with van der Waals surface area (Å²) in [7, 11) is 0. The Morgan fingerprint density at radius 1 is 1.06 bits per heavy atom. The van der Waals surface area contributed by atoms with Crippen LogP contribution in [-0.2, 0) is 4.79 Å². The lowest BCUT2D eigenvalue weighted by molar-refractivity contribution is -0.110. The van der Waals surface area contributed by atoms with E-state index in [0.29, 0.717) is 0 Å². The van der Waals surface area contributed by atoms with Crippen molar-refractivity contribution in [1.82, 2.24) is 4.90 Å². The third-order valence-corrected chi connectivity index (χ3v) is 2.64. The second kappa shape index (κ2) is 5.30. The molecule has 0 radical (unpaired) electrons. The van der Waals surface area contributed by atoms with E-state index < -0.39 is 0 Å². The van der Waals surface area contributed by atoms with Crippen LogP contribution in [-0.4, -0.2) is 17.2 Å². The predicted octanol–water partition coefficient (Wildman–Crippen LogP) is 2.90. The number of carbonyl (C=O) groups is 1. The maximum Gasteiger partial charge on any atom is 0.178 e. The number of hydrogen-bond donors (Lipinski definition) is 0. The van der Waals surface area contributed by atoms with Gasteiger partial charge in [0.25, 0.3) is 0 Å². The number of rotatable bonds is 2. The van der Waals surface area contributed by atoms with Crippen molar-refractivity contribution in [2.24, 2.45) is 0 Å². The highest BCUT2D eigenvalue weighted by atomic mass is 16.1. The summed E-state index contributed by atoms with van der Waals surface area (Å²) in [6.45, 7) is 3.06. The minimum Gasteiger partial charge on any atom is -0.348 e. The molecule has 1 aliphatic carbocycles. The number of likely N-dealkylation sites (N-methyl/N-ethyl adjacent to an activating group) is 1. The van der Waals surface area contributed by atoms with Crippen LogP contribution >= 0.6 is 0 Å². The van der Waals surface area contributed by atoms with Gasteiger partial charge < -0.3 is 4.90 Å². The highest BCUT2D eigenvalue weighted by Crippen LogP contribution is 2.13. The average molecular weight is 225 g/mol. The van der Waals surface area contributed by atoms with Gasteiger partial charge in [-0.25, -0.2) is 0 Å². The maximum atomic E-state index is 11.0. The van der Waals surface area contributed by atoms with E-state index in [2.05, 4.69) is 30.2 Å². The number of hydrogen-bond acceptors (Lipinski definition) is 2. The second-order valence-corrected chi connectivity index (χ2v) is 3.81. The molecule has 0 bridgehead atoms. The second-order valence-electron chi connectivity index (χ2n) is 3.81. The highest BCUT2D eigenvalue weighted by Gasteiger charge is 2.03. The van der Waals surface area contributed by atoms with Crippen LogP contribution in [0.15, 0.2) is 72.2 Å². The molecule has 17 heavy (non-hydrogen) atoms. The zero-order chi connectivity index (χ0) is 12.1. The molecule has 1 heterocycles. The topological polar surface area (TPSA) is 20.3 Å². The number of carbonyl (C=O) groups excluding carboxylic acids is 1. The Balaban J connectivity index is 2.15. The van der Waals surface area contributed by atoms with Gasteiger partial charge in [-0.2, -0.15) is 0 Å². The van der Waals surface area contributed by atoms with E-state index in [9.17, 15) is 4.79 Å². The van der Waals surface area contributed by atoms with Crippen molar-refractivity contribution >= 4 is 5.78 Å². The van der Waals surface area contributed by atoms with Crippen LogP contribution in [0.4, 0.5) is 0 Å². The summed E-state index contributed by atoms with van der Waals surface area (Å²) in [6, 6.07) is 0. The molecule has 0 fully saturated rings. The molecule has 0 saturated carbocycles. The van der Waals surface area contributed by atoms with E-state index >= 15 is 0 Å². The molecule has 0 aromatic carbocycles. The lowest BCUT2D eigenvalue weighted by Gasteiger charge is -2.21. The van der Waals surface area contributed by atoms with E-state index in [0.717, 1.165) is 17.8 Å². The first-order valence-corrected chi connectivity index (χ1v) is 5.73. The van der Waals surface area contributed by atoms with Crippen LogP contribution < -0.4 is 0 Å². The molecule has 0 unspecified atom stereocenters. The minimum absolute atomic E-state index is 0.0467. The molecule has 86 valence electrons. The van der Waals surface area contributed by atoms with Crippen LogP contribution in [0.5, 0.6) is 0 Å². The Bertz CT molecular complexity index is 469. The van der Waals surface area contributed by atoms with Crippen molar-refractivity contribution in [2.75, 3.05) is 6.54 Å². The molecular formula is C15H15NO. The molecule has 2 heteroatoms. The van der Waals surface area contributed by atoms with Crippen molar-refractivity contribution < 1.29 is 4.79 Å². The quantitative estimate of drug-likeness (QED) is 0.720. The number of nitrogens with zero attached hydrogens (tertiary/aromatic N) is 1. The van der Waals surface area contributed by atoms with Crippen molar-refractivity contribution in [2.45, 2.75) is 6.92 Å². The minimum atomic E-state index is 0.0467. The first-order chi connectivity index (χ1) is 8.29. The molecule has 0 aromatic heterocycles. The van der Waals surface area contributed by atoms with Crippen molar-refractivity contribution in [3.05, 3.63) is 72.2 Å². The molecule has 0 saturated heterocycles. The molecule has 1 aliphatic heterocycles. The van der Waals surface area contributed by atoms with Crippen molar-refractivity contribution in [3.8, 4) is 0 Å². The fraction of sp³-hybridized carbons (Fsp3) is 0.133. The lowest BCUT2D eigenvalue weighted by atomic mass is 10.1. The average Bonchev–Trinajstić information content (AvgIpc) is 2.38.